The van der Waals surface area contributed by atoms with Crippen molar-refractivity contribution in [2.45, 2.75) is 78.9 Å². The molecule has 3 atom stereocenters. The minimum atomic E-state index is -1.19. The standard InChI is InChI=1S/C27H42FN3O4/c1-17(2)20(16-18(3)25(34)35)30(9)24(33)21(26(4,5)6)29-23(32)22(31(10)28)27(7,8)19-14-12-11-13-15-19/h11-17,20-22H,1-10H3,(H,29,32)(H,34,35)/b18-16+/t20-,21-,22-/m1/s1. The summed E-state index contributed by atoms with van der Waals surface area (Å²) in [7, 11) is 2.79. The maximum absolute atomic E-state index is 14.8. The van der Waals surface area contributed by atoms with Crippen LogP contribution in [0.15, 0.2) is 42.0 Å². The van der Waals surface area contributed by atoms with E-state index in [0.29, 0.717) is 5.12 Å². The molecule has 0 saturated heterocycles. The molecule has 0 spiro atoms. The summed E-state index contributed by atoms with van der Waals surface area (Å²) < 4.78 is 14.8. The summed E-state index contributed by atoms with van der Waals surface area (Å²) in [6.45, 7) is 14.3. The third-order valence-electron chi connectivity index (χ3n) is 6.44. The van der Waals surface area contributed by atoms with Crippen LogP contribution in [0.5, 0.6) is 0 Å². The third kappa shape index (κ3) is 7.62. The second-order valence-electron chi connectivity index (χ2n) is 11.2. The average Bonchev–Trinajstić information content (AvgIpc) is 2.73. The second kappa shape index (κ2) is 11.8. The Morgan fingerprint density at radius 3 is 1.94 bits per heavy atom. The molecule has 0 aliphatic heterocycles. The van der Waals surface area contributed by atoms with Crippen molar-refractivity contribution in [3.05, 3.63) is 47.5 Å². The van der Waals surface area contributed by atoms with Gasteiger partial charge in [0.15, 0.2) is 0 Å². The zero-order valence-corrected chi connectivity index (χ0v) is 22.7. The molecule has 0 heterocycles. The van der Waals surface area contributed by atoms with Gasteiger partial charge in [0.25, 0.3) is 0 Å². The SMILES string of the molecule is C/C(=C\[C@H](C(C)C)N(C)C(=O)[C@@H](NC(=O)[C@@H](N(C)F)C(C)(C)c1ccccc1)C(C)(C)C)C(=O)O. The molecule has 0 aliphatic rings. The van der Waals surface area contributed by atoms with E-state index in [0.717, 1.165) is 5.56 Å². The molecule has 0 radical (unpaired) electrons. The summed E-state index contributed by atoms with van der Waals surface area (Å²) >= 11 is 0. The van der Waals surface area contributed by atoms with Crippen LogP contribution in [0.4, 0.5) is 4.48 Å². The van der Waals surface area contributed by atoms with Crippen molar-refractivity contribution in [2.75, 3.05) is 14.1 Å². The lowest BCUT2D eigenvalue weighted by atomic mass is 9.76. The Labute approximate surface area is 209 Å². The highest BCUT2D eigenvalue weighted by Gasteiger charge is 2.44. The molecule has 0 aliphatic carbocycles. The van der Waals surface area contributed by atoms with Crippen molar-refractivity contribution in [3.8, 4) is 0 Å². The molecule has 1 aromatic carbocycles. The Kier molecular flexibility index (Phi) is 10.2. The fraction of sp³-hybridized carbons (Fsp3) is 0.593. The van der Waals surface area contributed by atoms with Gasteiger partial charge in [0.1, 0.15) is 12.1 Å². The van der Waals surface area contributed by atoms with Crippen LogP contribution in [0.1, 0.15) is 61.0 Å². The highest BCUT2D eigenvalue weighted by molar-refractivity contribution is 5.91. The fourth-order valence-electron chi connectivity index (χ4n) is 4.26. The maximum Gasteiger partial charge on any atom is 0.331 e. The number of nitrogens with one attached hydrogen (secondary N) is 1. The molecular formula is C27H42FN3O4. The first-order valence-electron chi connectivity index (χ1n) is 11.9. The molecule has 1 aromatic rings. The average molecular weight is 492 g/mol. The predicted molar refractivity (Wildman–Crippen MR) is 136 cm³/mol. The summed E-state index contributed by atoms with van der Waals surface area (Å²) in [4.78, 5) is 40.0. The number of likely N-dealkylation sites (N-methyl/N-ethyl adjacent to an activating group) is 2. The van der Waals surface area contributed by atoms with Crippen LogP contribution >= 0.6 is 0 Å². The normalized spacial score (nSPS) is 15.5. The topological polar surface area (TPSA) is 90.0 Å². The fourth-order valence-corrected chi connectivity index (χ4v) is 4.26. The first-order valence-corrected chi connectivity index (χ1v) is 11.9. The zero-order chi connectivity index (χ0) is 27.3. The summed E-state index contributed by atoms with van der Waals surface area (Å²) in [5, 5.41) is 12.5. The number of carboxylic acids is 1. The van der Waals surface area contributed by atoms with Gasteiger partial charge >= 0.3 is 5.97 Å². The van der Waals surface area contributed by atoms with Crippen LogP contribution in [0, 0.1) is 11.3 Å². The van der Waals surface area contributed by atoms with Crippen LogP contribution in [0.25, 0.3) is 0 Å². The minimum absolute atomic E-state index is 0.0729. The van der Waals surface area contributed by atoms with E-state index in [9.17, 15) is 24.0 Å². The quantitative estimate of drug-likeness (QED) is 0.378. The smallest absolute Gasteiger partial charge is 0.331 e. The van der Waals surface area contributed by atoms with Crippen molar-refractivity contribution in [1.82, 2.24) is 15.3 Å². The predicted octanol–water partition coefficient (Wildman–Crippen LogP) is 4.19. The lowest BCUT2D eigenvalue weighted by molar-refractivity contribution is -0.145. The van der Waals surface area contributed by atoms with Crippen LogP contribution in [-0.2, 0) is 19.8 Å². The molecular weight excluding hydrogens is 449 g/mol. The molecule has 0 fully saturated rings. The third-order valence-corrected chi connectivity index (χ3v) is 6.44. The molecule has 0 unspecified atom stereocenters. The van der Waals surface area contributed by atoms with E-state index in [2.05, 4.69) is 5.32 Å². The van der Waals surface area contributed by atoms with E-state index in [1.165, 1.54) is 18.9 Å². The van der Waals surface area contributed by atoms with Crippen LogP contribution < -0.4 is 5.32 Å². The summed E-state index contributed by atoms with van der Waals surface area (Å²) in [5.74, 6) is -2.12. The number of amides is 2. The monoisotopic (exact) mass is 491 g/mol. The number of rotatable bonds is 10. The van der Waals surface area contributed by atoms with E-state index in [1.807, 2.05) is 65.0 Å². The van der Waals surface area contributed by atoms with Crippen molar-refractivity contribution in [3.63, 3.8) is 0 Å². The Morgan fingerprint density at radius 1 is 1.03 bits per heavy atom. The summed E-state index contributed by atoms with van der Waals surface area (Å²) in [6, 6.07) is 6.54. The van der Waals surface area contributed by atoms with Crippen molar-refractivity contribution < 1.29 is 24.0 Å². The molecule has 0 bridgehead atoms. The zero-order valence-electron chi connectivity index (χ0n) is 22.7. The summed E-state index contributed by atoms with van der Waals surface area (Å²) in [5.41, 5.74) is -0.670. The van der Waals surface area contributed by atoms with Gasteiger partial charge in [-0.25, -0.2) is 4.79 Å². The van der Waals surface area contributed by atoms with E-state index in [-0.39, 0.29) is 17.4 Å². The first-order chi connectivity index (χ1) is 15.9. The number of aliphatic carboxylic acids is 1. The van der Waals surface area contributed by atoms with E-state index < -0.39 is 40.8 Å². The van der Waals surface area contributed by atoms with E-state index >= 15 is 0 Å². The molecule has 35 heavy (non-hydrogen) atoms. The van der Waals surface area contributed by atoms with Crippen molar-refractivity contribution in [2.24, 2.45) is 11.3 Å². The van der Waals surface area contributed by atoms with Gasteiger partial charge in [-0.1, -0.05) is 84.9 Å². The van der Waals surface area contributed by atoms with Gasteiger partial charge in [-0.15, -0.1) is 9.60 Å². The van der Waals surface area contributed by atoms with E-state index in [1.54, 1.807) is 27.0 Å². The number of benzene rings is 1. The summed E-state index contributed by atoms with van der Waals surface area (Å²) in [6.07, 6.45) is 1.54. The molecule has 0 aromatic heterocycles. The minimum Gasteiger partial charge on any atom is -0.478 e. The number of hydrogen-bond acceptors (Lipinski definition) is 4. The number of halogens is 1. The lowest BCUT2D eigenvalue weighted by Crippen LogP contribution is -2.61. The highest BCUT2D eigenvalue weighted by Crippen LogP contribution is 2.31. The first kappa shape index (κ1) is 30.3. The molecule has 2 amide bonds. The van der Waals surface area contributed by atoms with Gasteiger partial charge in [-0.05, 0) is 23.8 Å². The molecule has 1 rings (SSSR count). The molecule has 196 valence electrons. The Hall–Kier alpha value is -2.74. The van der Waals surface area contributed by atoms with Gasteiger partial charge in [-0.3, -0.25) is 9.59 Å². The van der Waals surface area contributed by atoms with Gasteiger partial charge in [0.2, 0.25) is 11.8 Å². The second-order valence-corrected chi connectivity index (χ2v) is 11.2. The van der Waals surface area contributed by atoms with Crippen molar-refractivity contribution in [1.29, 1.82) is 0 Å². The van der Waals surface area contributed by atoms with Crippen molar-refractivity contribution >= 4 is 17.8 Å². The van der Waals surface area contributed by atoms with Gasteiger partial charge in [0, 0.05) is 25.1 Å². The number of hydrogen-bond donors (Lipinski definition) is 2. The number of carboxylic acid groups (broad SMARTS) is 1. The molecule has 2 N–H and O–H groups in total. The van der Waals surface area contributed by atoms with Crippen LogP contribution in [0.3, 0.4) is 0 Å². The number of carbonyl (C=O) groups is 3. The van der Waals surface area contributed by atoms with Crippen LogP contribution in [0.2, 0.25) is 0 Å². The molecule has 8 heteroatoms. The Bertz CT molecular complexity index is 920. The number of carbonyl (C=O) groups excluding carboxylic acids is 2. The molecule has 0 saturated carbocycles. The van der Waals surface area contributed by atoms with Gasteiger partial charge in [-0.2, -0.15) is 0 Å². The molecule has 7 nitrogen and oxygen atoms in total. The Balaban J connectivity index is 3.36. The Morgan fingerprint density at radius 2 is 1.54 bits per heavy atom. The maximum atomic E-state index is 14.8. The highest BCUT2D eigenvalue weighted by atomic mass is 19.2. The number of nitrogens with zero attached hydrogens (tertiary/aromatic N) is 2. The largest absolute Gasteiger partial charge is 0.478 e. The van der Waals surface area contributed by atoms with Gasteiger partial charge < -0.3 is 15.3 Å². The van der Waals surface area contributed by atoms with Gasteiger partial charge in [0.05, 0.1) is 6.04 Å². The lowest BCUT2D eigenvalue weighted by Gasteiger charge is -2.40. The van der Waals surface area contributed by atoms with E-state index in [4.69, 9.17) is 0 Å². The van der Waals surface area contributed by atoms with Crippen LogP contribution in [-0.4, -0.2) is 65.1 Å².